The third kappa shape index (κ3) is 3.91. The van der Waals surface area contributed by atoms with Crippen molar-refractivity contribution in [3.8, 4) is 11.1 Å². The molecule has 0 unspecified atom stereocenters. The van der Waals surface area contributed by atoms with E-state index in [0.717, 1.165) is 13.1 Å². The molecule has 0 bridgehead atoms. The largest absolute Gasteiger partial charge is 0.367 e. The third-order valence-corrected chi connectivity index (χ3v) is 7.42. The summed E-state index contributed by atoms with van der Waals surface area (Å²) in [6, 6.07) is 22.1. The Kier molecular flexibility index (Phi) is 5.61. The second kappa shape index (κ2) is 8.54. The second-order valence-corrected chi connectivity index (χ2v) is 9.30. The highest BCUT2D eigenvalue weighted by Crippen LogP contribution is 2.40. The molecular formula is C25H20Cl2N2OS. The minimum Gasteiger partial charge on any atom is -0.367 e. The van der Waals surface area contributed by atoms with Gasteiger partial charge < -0.3 is 9.80 Å². The summed E-state index contributed by atoms with van der Waals surface area (Å²) in [7, 11) is 0. The molecule has 1 aromatic heterocycles. The van der Waals surface area contributed by atoms with Crippen LogP contribution in [0.2, 0.25) is 10.0 Å². The van der Waals surface area contributed by atoms with Crippen molar-refractivity contribution < 1.29 is 4.79 Å². The molecular weight excluding hydrogens is 447 g/mol. The summed E-state index contributed by atoms with van der Waals surface area (Å²) in [5, 5.41) is 4.40. The van der Waals surface area contributed by atoms with E-state index in [1.807, 2.05) is 11.0 Å². The van der Waals surface area contributed by atoms with E-state index in [1.54, 1.807) is 29.5 Å². The number of anilines is 1. The zero-order valence-corrected chi connectivity index (χ0v) is 19.1. The standard InChI is InChI=1S/C25H20Cl2N2OS/c26-20-10-9-18(15-21(20)27)25(30)29-13-11-28(12-14-29)22-7-4-8-23-24(22)19(16-31-23)17-5-2-1-3-6-17/h1-10,15-16H,11-14H2. The number of hydrogen-bond donors (Lipinski definition) is 0. The lowest BCUT2D eigenvalue weighted by molar-refractivity contribution is 0.0747. The number of rotatable bonds is 3. The van der Waals surface area contributed by atoms with Gasteiger partial charge in [-0.15, -0.1) is 11.3 Å². The van der Waals surface area contributed by atoms with Gasteiger partial charge in [0, 0.05) is 53.1 Å². The van der Waals surface area contributed by atoms with Crippen molar-refractivity contribution in [1.82, 2.24) is 4.90 Å². The maximum Gasteiger partial charge on any atom is 0.254 e. The Labute approximate surface area is 195 Å². The fourth-order valence-electron chi connectivity index (χ4n) is 4.13. The fraction of sp³-hybridized carbons (Fsp3) is 0.160. The predicted molar refractivity (Wildman–Crippen MR) is 132 cm³/mol. The van der Waals surface area contributed by atoms with Crippen molar-refractivity contribution in [3.05, 3.63) is 87.7 Å². The quantitative estimate of drug-likeness (QED) is 0.330. The lowest BCUT2D eigenvalue weighted by atomic mass is 10.0. The fourth-order valence-corrected chi connectivity index (χ4v) is 5.41. The number of piperazine rings is 1. The molecule has 2 heterocycles. The molecule has 0 saturated carbocycles. The number of benzene rings is 3. The number of carbonyl (C=O) groups is 1. The summed E-state index contributed by atoms with van der Waals surface area (Å²) in [5.41, 5.74) is 4.31. The van der Waals surface area contributed by atoms with Crippen LogP contribution < -0.4 is 4.90 Å². The Balaban J connectivity index is 1.39. The zero-order chi connectivity index (χ0) is 21.4. The molecule has 6 heteroatoms. The lowest BCUT2D eigenvalue weighted by Crippen LogP contribution is -2.48. The first-order chi connectivity index (χ1) is 15.1. The SMILES string of the molecule is O=C(c1ccc(Cl)c(Cl)c1)N1CCN(c2cccc3scc(-c4ccccc4)c23)CC1. The Bertz CT molecular complexity index is 1250. The summed E-state index contributed by atoms with van der Waals surface area (Å²) < 4.78 is 1.28. The first-order valence-electron chi connectivity index (χ1n) is 10.2. The van der Waals surface area contributed by atoms with E-state index in [2.05, 4.69) is 52.7 Å². The molecule has 0 atom stereocenters. The first kappa shape index (κ1) is 20.4. The Morgan fingerprint density at radius 3 is 2.35 bits per heavy atom. The molecule has 3 nitrogen and oxygen atoms in total. The summed E-state index contributed by atoms with van der Waals surface area (Å²) in [4.78, 5) is 17.2. The van der Waals surface area contributed by atoms with Gasteiger partial charge in [0.25, 0.3) is 5.91 Å². The van der Waals surface area contributed by atoms with Gasteiger partial charge in [-0.05, 0) is 41.3 Å². The molecule has 31 heavy (non-hydrogen) atoms. The van der Waals surface area contributed by atoms with Gasteiger partial charge >= 0.3 is 0 Å². The van der Waals surface area contributed by atoms with Crippen LogP contribution in [0, 0.1) is 0 Å². The Morgan fingerprint density at radius 1 is 0.839 bits per heavy atom. The predicted octanol–water partition coefficient (Wildman–Crippen LogP) is 6.84. The van der Waals surface area contributed by atoms with E-state index in [4.69, 9.17) is 23.2 Å². The Hall–Kier alpha value is -2.53. The van der Waals surface area contributed by atoms with Crippen LogP contribution in [0.5, 0.6) is 0 Å². The lowest BCUT2D eigenvalue weighted by Gasteiger charge is -2.36. The smallest absolute Gasteiger partial charge is 0.254 e. The molecule has 1 saturated heterocycles. The molecule has 1 aliphatic rings. The molecule has 4 aromatic rings. The highest BCUT2D eigenvalue weighted by atomic mass is 35.5. The van der Waals surface area contributed by atoms with E-state index in [9.17, 15) is 4.79 Å². The van der Waals surface area contributed by atoms with Gasteiger partial charge in [0.2, 0.25) is 0 Å². The van der Waals surface area contributed by atoms with Crippen molar-refractivity contribution in [3.63, 3.8) is 0 Å². The Morgan fingerprint density at radius 2 is 1.61 bits per heavy atom. The van der Waals surface area contributed by atoms with Crippen molar-refractivity contribution in [2.45, 2.75) is 0 Å². The number of amides is 1. The number of carbonyl (C=O) groups excluding carboxylic acids is 1. The van der Waals surface area contributed by atoms with Crippen LogP contribution in [-0.2, 0) is 0 Å². The summed E-state index contributed by atoms with van der Waals surface area (Å²) in [6.07, 6.45) is 0. The van der Waals surface area contributed by atoms with E-state index >= 15 is 0 Å². The molecule has 0 N–H and O–H groups in total. The highest BCUT2D eigenvalue weighted by molar-refractivity contribution is 7.17. The van der Waals surface area contributed by atoms with E-state index in [1.165, 1.54) is 26.9 Å². The normalized spacial score (nSPS) is 14.3. The minimum atomic E-state index is -0.00284. The van der Waals surface area contributed by atoms with Gasteiger partial charge in [0.15, 0.2) is 0 Å². The molecule has 1 amide bonds. The van der Waals surface area contributed by atoms with Gasteiger partial charge in [0.05, 0.1) is 10.0 Å². The number of thiophene rings is 1. The van der Waals surface area contributed by atoms with Crippen LogP contribution in [0.1, 0.15) is 10.4 Å². The molecule has 5 rings (SSSR count). The van der Waals surface area contributed by atoms with E-state index in [-0.39, 0.29) is 5.91 Å². The molecule has 1 fully saturated rings. The highest BCUT2D eigenvalue weighted by Gasteiger charge is 2.24. The molecule has 0 aliphatic carbocycles. The molecule has 1 aliphatic heterocycles. The van der Waals surface area contributed by atoms with Gasteiger partial charge in [0.1, 0.15) is 0 Å². The number of hydrogen-bond acceptors (Lipinski definition) is 3. The van der Waals surface area contributed by atoms with E-state index < -0.39 is 0 Å². The van der Waals surface area contributed by atoms with Gasteiger partial charge in [-0.2, -0.15) is 0 Å². The van der Waals surface area contributed by atoms with E-state index in [0.29, 0.717) is 28.7 Å². The van der Waals surface area contributed by atoms with Crippen LogP contribution in [0.15, 0.2) is 72.1 Å². The number of halogens is 2. The molecule has 156 valence electrons. The number of nitrogens with zero attached hydrogens (tertiary/aromatic N) is 2. The average molecular weight is 467 g/mol. The van der Waals surface area contributed by atoms with Gasteiger partial charge in [-0.25, -0.2) is 0 Å². The van der Waals surface area contributed by atoms with Crippen molar-refractivity contribution in [2.24, 2.45) is 0 Å². The van der Waals surface area contributed by atoms with Crippen LogP contribution in [0.3, 0.4) is 0 Å². The van der Waals surface area contributed by atoms with Crippen LogP contribution in [0.4, 0.5) is 5.69 Å². The van der Waals surface area contributed by atoms with Crippen molar-refractivity contribution in [1.29, 1.82) is 0 Å². The first-order valence-corrected chi connectivity index (χ1v) is 11.8. The van der Waals surface area contributed by atoms with Crippen LogP contribution in [0.25, 0.3) is 21.2 Å². The zero-order valence-electron chi connectivity index (χ0n) is 16.7. The summed E-state index contributed by atoms with van der Waals surface area (Å²) in [5.74, 6) is -0.00284. The van der Waals surface area contributed by atoms with Crippen LogP contribution in [-0.4, -0.2) is 37.0 Å². The maximum atomic E-state index is 12.9. The number of fused-ring (bicyclic) bond motifs is 1. The molecule has 0 radical (unpaired) electrons. The second-order valence-electron chi connectivity index (χ2n) is 7.57. The maximum absolute atomic E-state index is 12.9. The molecule has 3 aromatic carbocycles. The van der Waals surface area contributed by atoms with Gasteiger partial charge in [-0.3, -0.25) is 4.79 Å². The molecule has 0 spiro atoms. The topological polar surface area (TPSA) is 23.6 Å². The third-order valence-electron chi connectivity index (χ3n) is 5.74. The summed E-state index contributed by atoms with van der Waals surface area (Å²) in [6.45, 7) is 2.91. The van der Waals surface area contributed by atoms with Crippen molar-refractivity contribution >= 4 is 56.2 Å². The van der Waals surface area contributed by atoms with Crippen molar-refractivity contribution in [2.75, 3.05) is 31.1 Å². The summed E-state index contributed by atoms with van der Waals surface area (Å²) >= 11 is 13.9. The van der Waals surface area contributed by atoms with Crippen LogP contribution >= 0.6 is 34.5 Å². The monoisotopic (exact) mass is 466 g/mol. The van der Waals surface area contributed by atoms with Gasteiger partial charge in [-0.1, -0.05) is 59.6 Å². The average Bonchev–Trinajstić information content (AvgIpc) is 3.25. The minimum absolute atomic E-state index is 0.00284.